The molecule has 8 heteroatoms. The average molecular weight is 433 g/mol. The molecular weight excluding hydrogens is 414 g/mol. The quantitative estimate of drug-likeness (QED) is 0.188. The molecule has 2 heterocycles. The van der Waals surface area contributed by atoms with Gasteiger partial charge in [-0.1, -0.05) is 30.3 Å². The first-order valence-corrected chi connectivity index (χ1v) is 10.3. The number of thiazole rings is 1. The van der Waals surface area contributed by atoms with Gasteiger partial charge in [0.2, 0.25) is 5.13 Å². The Morgan fingerprint density at radius 3 is 2.97 bits per heavy atom. The van der Waals surface area contributed by atoms with E-state index in [0.717, 1.165) is 10.9 Å². The van der Waals surface area contributed by atoms with E-state index in [1.54, 1.807) is 29.7 Å². The first-order valence-electron chi connectivity index (χ1n) is 9.38. The maximum atomic E-state index is 12.5. The fourth-order valence-corrected chi connectivity index (χ4v) is 3.76. The molecule has 0 saturated heterocycles. The molecule has 0 atom stereocenters. The summed E-state index contributed by atoms with van der Waals surface area (Å²) in [5.41, 5.74) is 4.91. The zero-order valence-electron chi connectivity index (χ0n) is 16.7. The van der Waals surface area contributed by atoms with E-state index >= 15 is 0 Å². The fourth-order valence-electron chi connectivity index (χ4n) is 3.10. The number of ether oxygens (including phenoxy) is 1. The zero-order valence-corrected chi connectivity index (χ0v) is 17.5. The number of aromatic nitrogens is 1. The molecule has 4 rings (SSSR count). The maximum absolute atomic E-state index is 12.5. The van der Waals surface area contributed by atoms with E-state index < -0.39 is 5.63 Å². The van der Waals surface area contributed by atoms with E-state index in [1.807, 2.05) is 24.3 Å². The van der Waals surface area contributed by atoms with Crippen LogP contribution in [0.4, 0.5) is 5.13 Å². The lowest BCUT2D eigenvalue weighted by molar-refractivity contribution is 0.407. The predicted molar refractivity (Wildman–Crippen MR) is 123 cm³/mol. The minimum absolute atomic E-state index is 0.164. The summed E-state index contributed by atoms with van der Waals surface area (Å²) in [5.74, 6) is 0.661. The number of aromatic hydroxyl groups is 1. The Hall–Kier alpha value is -3.91. The predicted octanol–water partition coefficient (Wildman–Crippen LogP) is 4.81. The molecule has 4 aromatic rings. The summed E-state index contributed by atoms with van der Waals surface area (Å²) in [7, 11) is 1.52. The maximum Gasteiger partial charge on any atom is 0.345 e. The molecule has 0 saturated carbocycles. The first kappa shape index (κ1) is 20.4. The lowest BCUT2D eigenvalue weighted by atomic mass is 10.1. The Morgan fingerprint density at radius 2 is 2.16 bits per heavy atom. The van der Waals surface area contributed by atoms with Gasteiger partial charge in [-0.2, -0.15) is 5.10 Å². The van der Waals surface area contributed by atoms with Crippen molar-refractivity contribution < 1.29 is 14.3 Å². The number of anilines is 1. The SMILES string of the molecule is C=CCc1cccc(/C=N\Nc2nc(-c3cc4cccc(OC)c4oc3=O)cs2)c1O. The average Bonchev–Trinajstić information content (AvgIpc) is 3.24. The smallest absolute Gasteiger partial charge is 0.345 e. The van der Waals surface area contributed by atoms with Crippen molar-refractivity contribution in [3.8, 4) is 22.8 Å². The number of nitrogens with one attached hydrogen (secondary N) is 1. The molecule has 0 aliphatic rings. The van der Waals surface area contributed by atoms with E-state index in [-0.39, 0.29) is 5.75 Å². The van der Waals surface area contributed by atoms with Crippen LogP contribution in [-0.4, -0.2) is 23.4 Å². The highest BCUT2D eigenvalue weighted by Gasteiger charge is 2.13. The third-order valence-corrected chi connectivity index (χ3v) is 5.35. The summed E-state index contributed by atoms with van der Waals surface area (Å²) < 4.78 is 10.7. The van der Waals surface area contributed by atoms with Gasteiger partial charge in [0.25, 0.3) is 0 Å². The summed E-state index contributed by atoms with van der Waals surface area (Å²) in [5, 5.41) is 17.4. The number of nitrogens with zero attached hydrogens (tertiary/aromatic N) is 2. The molecule has 2 aromatic heterocycles. The number of rotatable bonds is 7. The number of para-hydroxylation sites is 2. The van der Waals surface area contributed by atoms with Gasteiger partial charge in [0.1, 0.15) is 5.75 Å². The highest BCUT2D eigenvalue weighted by molar-refractivity contribution is 7.14. The van der Waals surface area contributed by atoms with Gasteiger partial charge >= 0.3 is 5.63 Å². The molecule has 0 aliphatic carbocycles. The number of allylic oxidation sites excluding steroid dienone is 1. The second-order valence-electron chi connectivity index (χ2n) is 6.58. The molecule has 7 nitrogen and oxygen atoms in total. The van der Waals surface area contributed by atoms with Crippen LogP contribution in [0.3, 0.4) is 0 Å². The minimum atomic E-state index is -0.499. The van der Waals surface area contributed by atoms with E-state index in [4.69, 9.17) is 9.15 Å². The summed E-state index contributed by atoms with van der Waals surface area (Å²) in [6.45, 7) is 3.69. The minimum Gasteiger partial charge on any atom is -0.507 e. The highest BCUT2D eigenvalue weighted by atomic mass is 32.1. The molecule has 31 heavy (non-hydrogen) atoms. The number of fused-ring (bicyclic) bond motifs is 1. The van der Waals surface area contributed by atoms with Crippen molar-refractivity contribution in [2.24, 2.45) is 5.10 Å². The van der Waals surface area contributed by atoms with Crippen LogP contribution in [0.15, 0.2) is 74.8 Å². The van der Waals surface area contributed by atoms with Gasteiger partial charge in [0, 0.05) is 16.3 Å². The molecule has 2 aromatic carbocycles. The van der Waals surface area contributed by atoms with Crippen LogP contribution in [0, 0.1) is 0 Å². The molecule has 0 fully saturated rings. The number of hydrazone groups is 1. The topological polar surface area (TPSA) is 97.0 Å². The van der Waals surface area contributed by atoms with E-state index in [0.29, 0.717) is 39.7 Å². The number of hydrogen-bond donors (Lipinski definition) is 2. The van der Waals surface area contributed by atoms with Gasteiger partial charge in [-0.25, -0.2) is 9.78 Å². The van der Waals surface area contributed by atoms with E-state index in [2.05, 4.69) is 22.1 Å². The van der Waals surface area contributed by atoms with Gasteiger partial charge < -0.3 is 14.3 Å². The Balaban J connectivity index is 1.56. The zero-order chi connectivity index (χ0) is 21.8. The Kier molecular flexibility index (Phi) is 5.81. The van der Waals surface area contributed by atoms with Crippen LogP contribution in [0.2, 0.25) is 0 Å². The van der Waals surface area contributed by atoms with Crippen LogP contribution in [-0.2, 0) is 6.42 Å². The lowest BCUT2D eigenvalue weighted by Gasteiger charge is -2.04. The van der Waals surface area contributed by atoms with E-state index in [1.165, 1.54) is 24.7 Å². The standard InChI is InChI=1S/C23H19N3O4S/c1-3-6-14-7-4-9-16(20(14)27)12-24-26-23-25-18(13-31-23)17-11-15-8-5-10-19(29-2)21(15)30-22(17)28/h3-5,7-13,27H,1,6H2,2H3,(H,25,26)/b24-12-. The summed E-state index contributed by atoms with van der Waals surface area (Å²) in [4.78, 5) is 16.9. The number of phenols is 1. The lowest BCUT2D eigenvalue weighted by Crippen LogP contribution is -2.03. The number of methoxy groups -OCH3 is 1. The third kappa shape index (κ3) is 4.19. The molecule has 156 valence electrons. The molecule has 0 amide bonds. The van der Waals surface area contributed by atoms with Gasteiger partial charge in [-0.05, 0) is 30.2 Å². The monoisotopic (exact) mass is 433 g/mol. The van der Waals surface area contributed by atoms with Crippen molar-refractivity contribution in [3.05, 3.63) is 82.0 Å². The Labute approximate surface area is 182 Å². The van der Waals surface area contributed by atoms with Crippen molar-refractivity contribution in [1.29, 1.82) is 0 Å². The van der Waals surface area contributed by atoms with Crippen LogP contribution >= 0.6 is 11.3 Å². The molecular formula is C23H19N3O4S. The van der Waals surface area contributed by atoms with Crippen molar-refractivity contribution in [2.75, 3.05) is 12.5 Å². The van der Waals surface area contributed by atoms with Gasteiger partial charge in [0.05, 0.1) is 24.6 Å². The normalized spacial score (nSPS) is 11.1. The molecule has 0 unspecified atom stereocenters. The number of phenolic OH excluding ortho intramolecular Hbond substituents is 1. The van der Waals surface area contributed by atoms with Crippen molar-refractivity contribution >= 4 is 33.7 Å². The highest BCUT2D eigenvalue weighted by Crippen LogP contribution is 2.29. The summed E-state index contributed by atoms with van der Waals surface area (Å²) >= 11 is 1.30. The summed E-state index contributed by atoms with van der Waals surface area (Å²) in [6, 6.07) is 12.6. The first-order chi connectivity index (χ1) is 15.1. The third-order valence-electron chi connectivity index (χ3n) is 4.60. The molecule has 0 bridgehead atoms. The van der Waals surface area contributed by atoms with Crippen LogP contribution in [0.25, 0.3) is 22.2 Å². The van der Waals surface area contributed by atoms with Crippen molar-refractivity contribution in [1.82, 2.24) is 4.98 Å². The van der Waals surface area contributed by atoms with Crippen molar-refractivity contribution in [2.45, 2.75) is 6.42 Å². The molecule has 0 spiro atoms. The largest absolute Gasteiger partial charge is 0.507 e. The fraction of sp³-hybridized carbons (Fsp3) is 0.0870. The van der Waals surface area contributed by atoms with E-state index in [9.17, 15) is 9.90 Å². The summed E-state index contributed by atoms with van der Waals surface area (Å²) in [6.07, 6.45) is 3.81. The molecule has 2 N–H and O–H groups in total. The number of hydrogen-bond acceptors (Lipinski definition) is 8. The molecule has 0 aliphatic heterocycles. The second kappa shape index (κ2) is 8.85. The second-order valence-corrected chi connectivity index (χ2v) is 7.44. The Bertz CT molecular complexity index is 1340. The van der Waals surface area contributed by atoms with Gasteiger partial charge in [-0.15, -0.1) is 17.9 Å². The van der Waals surface area contributed by atoms with Crippen LogP contribution in [0.5, 0.6) is 11.5 Å². The van der Waals surface area contributed by atoms with Crippen LogP contribution in [0.1, 0.15) is 11.1 Å². The number of benzene rings is 2. The molecule has 0 radical (unpaired) electrons. The van der Waals surface area contributed by atoms with Crippen molar-refractivity contribution in [3.63, 3.8) is 0 Å². The van der Waals surface area contributed by atoms with Gasteiger partial charge in [-0.3, -0.25) is 5.43 Å². The Morgan fingerprint density at radius 1 is 1.32 bits per heavy atom. The van der Waals surface area contributed by atoms with Crippen LogP contribution < -0.4 is 15.8 Å². The van der Waals surface area contributed by atoms with Gasteiger partial charge in [0.15, 0.2) is 11.3 Å².